The van der Waals surface area contributed by atoms with Gasteiger partial charge in [0, 0.05) is 30.9 Å². The number of hydrogen-bond acceptors (Lipinski definition) is 5. The fourth-order valence-corrected chi connectivity index (χ4v) is 4.27. The summed E-state index contributed by atoms with van der Waals surface area (Å²) in [6.45, 7) is 2.64. The van der Waals surface area contributed by atoms with E-state index in [9.17, 15) is 13.2 Å². The summed E-state index contributed by atoms with van der Waals surface area (Å²) in [4.78, 5) is 15.7. The topological polar surface area (TPSA) is 86.4 Å². The monoisotopic (exact) mass is 314 g/mol. The molecule has 1 amide bonds. The molecule has 1 aliphatic rings. The van der Waals surface area contributed by atoms with Gasteiger partial charge in [-0.05, 0) is 20.4 Å². The van der Waals surface area contributed by atoms with Gasteiger partial charge in [-0.1, -0.05) is 0 Å². The van der Waals surface area contributed by atoms with Gasteiger partial charge in [-0.2, -0.15) is 5.10 Å². The van der Waals surface area contributed by atoms with Crippen molar-refractivity contribution in [3.8, 4) is 0 Å². The van der Waals surface area contributed by atoms with E-state index < -0.39 is 9.84 Å². The van der Waals surface area contributed by atoms with Gasteiger partial charge in [-0.25, -0.2) is 8.42 Å². The van der Waals surface area contributed by atoms with Crippen molar-refractivity contribution in [3.63, 3.8) is 0 Å². The van der Waals surface area contributed by atoms with Gasteiger partial charge in [0.25, 0.3) is 0 Å². The normalized spacial score (nSPS) is 20.9. The molecule has 0 saturated carbocycles. The fourth-order valence-electron chi connectivity index (χ4n) is 2.46. The highest BCUT2D eigenvalue weighted by atomic mass is 32.2. The molecule has 21 heavy (non-hydrogen) atoms. The maximum Gasteiger partial charge on any atom is 0.236 e. The molecule has 8 heteroatoms. The molecule has 1 aromatic heterocycles. The Morgan fingerprint density at radius 2 is 2.19 bits per heavy atom. The van der Waals surface area contributed by atoms with Gasteiger partial charge in [0.05, 0.1) is 24.2 Å². The minimum Gasteiger partial charge on any atom is -0.340 e. The Kier molecular flexibility index (Phi) is 4.67. The van der Waals surface area contributed by atoms with E-state index in [1.807, 2.05) is 11.8 Å². The smallest absolute Gasteiger partial charge is 0.236 e. The number of nitrogens with one attached hydrogen (secondary N) is 1. The minimum atomic E-state index is -2.92. The second-order valence-electron chi connectivity index (χ2n) is 5.74. The van der Waals surface area contributed by atoms with Crippen LogP contribution in [0.5, 0.6) is 0 Å². The number of amides is 1. The summed E-state index contributed by atoms with van der Waals surface area (Å²) in [6.07, 6.45) is 2.32. The minimum absolute atomic E-state index is 0.0256. The lowest BCUT2D eigenvalue weighted by Gasteiger charge is -2.25. The average molecular weight is 314 g/mol. The van der Waals surface area contributed by atoms with Gasteiger partial charge in [0.2, 0.25) is 5.91 Å². The zero-order valence-electron chi connectivity index (χ0n) is 12.7. The second-order valence-corrected chi connectivity index (χ2v) is 7.97. The molecular formula is C13H22N4O3S. The van der Waals surface area contributed by atoms with Crippen LogP contribution in [0.4, 0.5) is 0 Å². The largest absolute Gasteiger partial charge is 0.340 e. The summed E-state index contributed by atoms with van der Waals surface area (Å²) in [6, 6.07) is -0.0528. The second kappa shape index (κ2) is 6.15. The first kappa shape index (κ1) is 16.0. The number of H-pyrrole nitrogens is 1. The number of likely N-dealkylation sites (N-methyl/N-ethyl adjacent to an activating group) is 2. The lowest BCUT2D eigenvalue weighted by Crippen LogP contribution is -2.41. The van der Waals surface area contributed by atoms with Crippen molar-refractivity contribution >= 4 is 15.7 Å². The molecule has 0 spiro atoms. The van der Waals surface area contributed by atoms with Gasteiger partial charge in [-0.15, -0.1) is 0 Å². The number of aryl methyl sites for hydroxylation is 1. The van der Waals surface area contributed by atoms with Gasteiger partial charge >= 0.3 is 0 Å². The van der Waals surface area contributed by atoms with E-state index in [0.29, 0.717) is 13.0 Å². The third-order valence-corrected chi connectivity index (χ3v) is 5.73. The van der Waals surface area contributed by atoms with Crippen LogP contribution in [0, 0.1) is 6.92 Å². The van der Waals surface area contributed by atoms with Crippen LogP contribution < -0.4 is 0 Å². The molecular weight excluding hydrogens is 292 g/mol. The van der Waals surface area contributed by atoms with Gasteiger partial charge in [-0.3, -0.25) is 14.8 Å². The van der Waals surface area contributed by atoms with Crippen molar-refractivity contribution in [1.82, 2.24) is 20.0 Å². The van der Waals surface area contributed by atoms with Crippen molar-refractivity contribution in [2.75, 3.05) is 32.1 Å². The van der Waals surface area contributed by atoms with E-state index in [-0.39, 0.29) is 30.0 Å². The molecule has 1 aromatic rings. The van der Waals surface area contributed by atoms with E-state index in [2.05, 4.69) is 10.2 Å². The molecule has 1 saturated heterocycles. The first-order valence-corrected chi connectivity index (χ1v) is 8.74. The first-order valence-electron chi connectivity index (χ1n) is 6.92. The van der Waals surface area contributed by atoms with Crippen molar-refractivity contribution < 1.29 is 13.2 Å². The molecule has 1 N–H and O–H groups in total. The van der Waals surface area contributed by atoms with Gasteiger partial charge in [0.1, 0.15) is 0 Å². The molecule has 0 aromatic carbocycles. The van der Waals surface area contributed by atoms with Crippen LogP contribution in [0.15, 0.2) is 6.20 Å². The summed E-state index contributed by atoms with van der Waals surface area (Å²) < 4.78 is 23.0. The third-order valence-electron chi connectivity index (χ3n) is 3.98. The molecule has 1 atom stereocenters. The summed E-state index contributed by atoms with van der Waals surface area (Å²) in [5, 5.41) is 6.78. The molecule has 1 fully saturated rings. The third kappa shape index (κ3) is 4.04. The first-order chi connectivity index (χ1) is 9.78. The van der Waals surface area contributed by atoms with E-state index in [0.717, 1.165) is 11.3 Å². The van der Waals surface area contributed by atoms with Crippen LogP contribution >= 0.6 is 0 Å². The number of carbonyl (C=O) groups is 1. The molecule has 118 valence electrons. The Bertz CT molecular complexity index is 611. The van der Waals surface area contributed by atoms with Crippen LogP contribution in [0.1, 0.15) is 17.7 Å². The van der Waals surface area contributed by atoms with E-state index in [1.165, 1.54) is 0 Å². The zero-order valence-corrected chi connectivity index (χ0v) is 13.5. The Morgan fingerprint density at radius 1 is 1.48 bits per heavy atom. The van der Waals surface area contributed by atoms with Crippen molar-refractivity contribution in [1.29, 1.82) is 0 Å². The zero-order chi connectivity index (χ0) is 15.6. The fraction of sp³-hybridized carbons (Fsp3) is 0.692. The quantitative estimate of drug-likeness (QED) is 0.813. The molecule has 0 aliphatic carbocycles. The number of aromatic amines is 1. The highest BCUT2D eigenvalue weighted by Gasteiger charge is 2.31. The Morgan fingerprint density at radius 3 is 2.71 bits per heavy atom. The maximum atomic E-state index is 12.2. The summed E-state index contributed by atoms with van der Waals surface area (Å²) in [5.74, 6) is 0.351. The molecule has 2 rings (SSSR count). The number of sulfone groups is 1. The number of aromatic nitrogens is 2. The lowest BCUT2D eigenvalue weighted by molar-refractivity contribution is -0.131. The van der Waals surface area contributed by atoms with E-state index >= 15 is 0 Å². The van der Waals surface area contributed by atoms with Crippen molar-refractivity contribution in [2.45, 2.75) is 25.9 Å². The van der Waals surface area contributed by atoms with E-state index in [4.69, 9.17) is 0 Å². The maximum absolute atomic E-state index is 12.2. The Labute approximate surface area is 125 Å². The van der Waals surface area contributed by atoms with Crippen LogP contribution in [0.25, 0.3) is 0 Å². The van der Waals surface area contributed by atoms with Crippen molar-refractivity contribution in [3.05, 3.63) is 17.5 Å². The highest BCUT2D eigenvalue weighted by Crippen LogP contribution is 2.16. The number of hydrogen-bond donors (Lipinski definition) is 1. The summed E-state index contributed by atoms with van der Waals surface area (Å²) in [5.41, 5.74) is 1.93. The molecule has 0 bridgehead atoms. The van der Waals surface area contributed by atoms with Gasteiger partial charge < -0.3 is 4.90 Å². The average Bonchev–Trinajstić information content (AvgIpc) is 2.95. The summed E-state index contributed by atoms with van der Waals surface area (Å²) >= 11 is 0. The van der Waals surface area contributed by atoms with Crippen LogP contribution in [-0.2, 0) is 21.2 Å². The summed E-state index contributed by atoms with van der Waals surface area (Å²) in [7, 11) is 0.628. The molecule has 2 heterocycles. The predicted molar refractivity (Wildman–Crippen MR) is 79.5 cm³/mol. The standard InChI is InChI=1S/C13H22N4O3S/c1-10-11(6-14-15-10)7-17(3)13(18)8-16(2)12-4-5-21(19,20)9-12/h6,12H,4-5,7-9H2,1-3H3,(H,14,15). The number of carbonyl (C=O) groups excluding carboxylic acids is 1. The van der Waals surface area contributed by atoms with Crippen LogP contribution in [0.2, 0.25) is 0 Å². The Hall–Kier alpha value is -1.41. The molecule has 1 unspecified atom stereocenters. The molecule has 1 aliphatic heterocycles. The van der Waals surface area contributed by atoms with E-state index in [1.54, 1.807) is 25.2 Å². The molecule has 0 radical (unpaired) electrons. The predicted octanol–water partition coefficient (Wildman–Crippen LogP) is -0.205. The number of rotatable bonds is 5. The lowest BCUT2D eigenvalue weighted by atomic mass is 10.2. The highest BCUT2D eigenvalue weighted by molar-refractivity contribution is 7.91. The number of nitrogens with zero attached hydrogens (tertiary/aromatic N) is 3. The molecule has 7 nitrogen and oxygen atoms in total. The van der Waals surface area contributed by atoms with Crippen LogP contribution in [0.3, 0.4) is 0 Å². The van der Waals surface area contributed by atoms with Crippen LogP contribution in [-0.4, -0.2) is 72.5 Å². The van der Waals surface area contributed by atoms with Gasteiger partial charge in [0.15, 0.2) is 9.84 Å². The SMILES string of the molecule is Cc1[nH]ncc1CN(C)C(=O)CN(C)C1CCS(=O)(=O)C1. The van der Waals surface area contributed by atoms with Crippen molar-refractivity contribution in [2.24, 2.45) is 0 Å². The Balaban J connectivity index is 1.87.